The molecule has 0 heterocycles. The van der Waals surface area contributed by atoms with Gasteiger partial charge in [0, 0.05) is 28.5 Å². The molecule has 0 saturated heterocycles. The molecule has 1 nitrogen and oxygen atoms in total. The first-order valence-corrected chi connectivity index (χ1v) is 14.1. The summed E-state index contributed by atoms with van der Waals surface area (Å²) in [5.74, 6) is 0.0801. The van der Waals surface area contributed by atoms with Crippen LogP contribution in [0.15, 0.2) is 72.8 Å². The van der Waals surface area contributed by atoms with Crippen molar-refractivity contribution in [2.75, 3.05) is 0 Å². The first-order valence-electron chi connectivity index (χ1n) is 12.6. The summed E-state index contributed by atoms with van der Waals surface area (Å²) in [7, 11) is 0. The van der Waals surface area contributed by atoms with Gasteiger partial charge in [0.25, 0.3) is 0 Å². The number of ketones is 1. The van der Waals surface area contributed by atoms with Gasteiger partial charge in [0.2, 0.25) is 0 Å². The molecule has 0 amide bonds. The summed E-state index contributed by atoms with van der Waals surface area (Å²) in [5, 5.41) is 10.6. The minimum absolute atomic E-state index is 0.0801. The number of rotatable bonds is 0. The number of hydrogen-bond acceptors (Lipinski definition) is 1. The monoisotopic (exact) mass is 578 g/mol. The van der Waals surface area contributed by atoms with E-state index in [1.807, 2.05) is 30.3 Å². The maximum absolute atomic E-state index is 13.6. The van der Waals surface area contributed by atoms with Crippen LogP contribution in [0.1, 0.15) is 27.0 Å². The molecule has 0 radical (unpaired) electrons. The van der Waals surface area contributed by atoms with Gasteiger partial charge in [-0.05, 0) is 71.6 Å². The number of benzene rings is 7. The molecule has 5 heteroatoms. The molecule has 7 aromatic rings. The smallest absolute Gasteiger partial charge is 0.194 e. The van der Waals surface area contributed by atoms with Gasteiger partial charge in [-0.1, -0.05) is 113 Å². The molecule has 0 aliphatic heterocycles. The first kappa shape index (κ1) is 22.5. The first-order chi connectivity index (χ1) is 19.0. The Bertz CT molecular complexity index is 2290. The molecule has 0 bridgehead atoms. The fourth-order valence-corrected chi connectivity index (χ4v) is 8.17. The van der Waals surface area contributed by atoms with Gasteiger partial charge in [-0.15, -0.1) is 0 Å². The minimum atomic E-state index is 0.0801. The topological polar surface area (TPSA) is 17.1 Å². The molecular weight excluding hydrogens is 566 g/mol. The predicted octanol–water partition coefficient (Wildman–Crippen LogP) is 11.1. The van der Waals surface area contributed by atoms with Crippen molar-refractivity contribution in [3.63, 3.8) is 0 Å². The Morgan fingerprint density at radius 2 is 1.03 bits per heavy atom. The van der Waals surface area contributed by atoms with E-state index in [2.05, 4.69) is 42.5 Å². The molecule has 2 aliphatic rings. The minimum Gasteiger partial charge on any atom is -0.289 e. The van der Waals surface area contributed by atoms with E-state index < -0.39 is 0 Å². The average molecular weight is 580 g/mol. The number of hydrogen-bond donors (Lipinski definition) is 0. The SMILES string of the molecule is O=C1c2ccccc2-c2ccc3c4ccc5c6c(ccc(c7ccc1c2c73)c64)-c1c(Cl)c(Cl)c(Cl)c(Cl)c1C5. The van der Waals surface area contributed by atoms with E-state index in [4.69, 9.17) is 46.4 Å². The highest BCUT2D eigenvalue weighted by Gasteiger charge is 2.31. The molecule has 0 atom stereocenters. The van der Waals surface area contributed by atoms with Crippen LogP contribution in [0.2, 0.25) is 20.1 Å². The lowest BCUT2D eigenvalue weighted by Gasteiger charge is -2.27. The predicted molar refractivity (Wildman–Crippen MR) is 165 cm³/mol. The molecular formula is C34H14Cl4O. The summed E-state index contributed by atoms with van der Waals surface area (Å²) in [5.41, 5.74) is 7.56. The van der Waals surface area contributed by atoms with Gasteiger partial charge in [0.05, 0.1) is 20.1 Å². The summed E-state index contributed by atoms with van der Waals surface area (Å²) in [6.45, 7) is 0. The van der Waals surface area contributed by atoms with Crippen LogP contribution in [0.4, 0.5) is 0 Å². The van der Waals surface area contributed by atoms with E-state index in [0.717, 1.165) is 76.6 Å². The molecule has 2 aliphatic carbocycles. The van der Waals surface area contributed by atoms with Crippen molar-refractivity contribution in [3.05, 3.63) is 115 Å². The zero-order chi connectivity index (χ0) is 26.3. The standard InChI is InChI=1S/C34H14Cl4O/c35-30-24-13-14-5-6-17-19-8-7-16-15-3-1-2-4-21(15)34(39)23-12-10-20(27(19)28(16)23)18-9-11-22(25(14)26(17)18)29(24)31(36)33(38)32(30)37/h1-12H,13H2. The third-order valence-electron chi connectivity index (χ3n) is 8.70. The highest BCUT2D eigenvalue weighted by atomic mass is 35.5. The highest BCUT2D eigenvalue weighted by molar-refractivity contribution is 6.53. The maximum atomic E-state index is 13.6. The molecule has 0 fully saturated rings. The van der Waals surface area contributed by atoms with Crippen LogP contribution < -0.4 is 0 Å². The van der Waals surface area contributed by atoms with Crippen LogP contribution in [0.25, 0.3) is 65.3 Å². The maximum Gasteiger partial charge on any atom is 0.194 e. The zero-order valence-corrected chi connectivity index (χ0v) is 23.1. The fourth-order valence-electron chi connectivity index (χ4n) is 7.10. The van der Waals surface area contributed by atoms with Crippen molar-refractivity contribution >= 4 is 95.3 Å². The van der Waals surface area contributed by atoms with Crippen LogP contribution in [0.3, 0.4) is 0 Å². The van der Waals surface area contributed by atoms with Crippen molar-refractivity contribution in [2.45, 2.75) is 6.42 Å². The van der Waals surface area contributed by atoms with Gasteiger partial charge in [-0.2, -0.15) is 0 Å². The van der Waals surface area contributed by atoms with Crippen molar-refractivity contribution in [2.24, 2.45) is 0 Å². The Morgan fingerprint density at radius 1 is 0.462 bits per heavy atom. The van der Waals surface area contributed by atoms with Gasteiger partial charge in [-0.25, -0.2) is 0 Å². The van der Waals surface area contributed by atoms with Gasteiger partial charge in [-0.3, -0.25) is 4.79 Å². The van der Waals surface area contributed by atoms with Gasteiger partial charge < -0.3 is 0 Å². The normalized spacial score (nSPS) is 13.6. The van der Waals surface area contributed by atoms with Crippen LogP contribution in [-0.4, -0.2) is 5.78 Å². The molecule has 0 aromatic heterocycles. The molecule has 184 valence electrons. The average Bonchev–Trinajstić information content (AvgIpc) is 2.97. The summed E-state index contributed by atoms with van der Waals surface area (Å²) in [6, 6.07) is 25.1. The number of carbonyl (C=O) groups is 1. The summed E-state index contributed by atoms with van der Waals surface area (Å²) < 4.78 is 0. The van der Waals surface area contributed by atoms with Crippen LogP contribution in [-0.2, 0) is 6.42 Å². The third kappa shape index (κ3) is 2.58. The van der Waals surface area contributed by atoms with Crippen molar-refractivity contribution in [3.8, 4) is 22.3 Å². The lowest BCUT2D eigenvalue weighted by Crippen LogP contribution is -2.10. The van der Waals surface area contributed by atoms with Crippen molar-refractivity contribution in [1.29, 1.82) is 0 Å². The summed E-state index contributed by atoms with van der Waals surface area (Å²) in [4.78, 5) is 13.6. The Balaban J connectivity index is 1.48. The molecule has 7 aromatic carbocycles. The molecule has 0 saturated carbocycles. The third-order valence-corrected chi connectivity index (χ3v) is 10.5. The van der Waals surface area contributed by atoms with E-state index in [9.17, 15) is 4.79 Å². The van der Waals surface area contributed by atoms with Gasteiger partial charge >= 0.3 is 0 Å². The highest BCUT2D eigenvalue weighted by Crippen LogP contribution is 2.54. The molecule has 0 unspecified atom stereocenters. The van der Waals surface area contributed by atoms with Gasteiger partial charge in [0.1, 0.15) is 0 Å². The van der Waals surface area contributed by atoms with Crippen LogP contribution >= 0.6 is 46.4 Å². The van der Waals surface area contributed by atoms with Gasteiger partial charge in [0.15, 0.2) is 5.78 Å². The Morgan fingerprint density at radius 3 is 1.74 bits per heavy atom. The quantitative estimate of drug-likeness (QED) is 0.0755. The molecule has 0 N–H and O–H groups in total. The zero-order valence-electron chi connectivity index (χ0n) is 20.1. The van der Waals surface area contributed by atoms with E-state index in [-0.39, 0.29) is 10.8 Å². The lowest BCUT2D eigenvalue weighted by atomic mass is 9.77. The number of fused-ring (bicyclic) bond motifs is 6. The molecule has 0 spiro atoms. The van der Waals surface area contributed by atoms with Crippen molar-refractivity contribution in [1.82, 2.24) is 0 Å². The van der Waals surface area contributed by atoms with Crippen LogP contribution in [0, 0.1) is 0 Å². The summed E-state index contributed by atoms with van der Waals surface area (Å²) >= 11 is 26.5. The Labute approximate surface area is 242 Å². The molecule has 9 rings (SSSR count). The van der Waals surface area contributed by atoms with E-state index in [1.165, 1.54) is 10.9 Å². The van der Waals surface area contributed by atoms with Crippen LogP contribution in [0.5, 0.6) is 0 Å². The van der Waals surface area contributed by atoms with E-state index in [1.54, 1.807) is 0 Å². The number of halogens is 4. The Kier molecular flexibility index (Phi) is 4.29. The largest absolute Gasteiger partial charge is 0.289 e. The van der Waals surface area contributed by atoms with Crippen molar-refractivity contribution < 1.29 is 4.79 Å². The van der Waals surface area contributed by atoms with E-state index in [0.29, 0.717) is 21.5 Å². The molecule has 39 heavy (non-hydrogen) atoms. The Hall–Kier alpha value is -3.33. The second-order valence-electron chi connectivity index (χ2n) is 10.4. The second-order valence-corrected chi connectivity index (χ2v) is 11.9. The second kappa shape index (κ2) is 7.44. The van der Waals surface area contributed by atoms with E-state index >= 15 is 0 Å². The fraction of sp³-hybridized carbons (Fsp3) is 0.0294. The summed E-state index contributed by atoms with van der Waals surface area (Å²) in [6.07, 6.45) is 0.615. The number of carbonyl (C=O) groups excluding carboxylic acids is 1. The lowest BCUT2D eigenvalue weighted by molar-refractivity contribution is 0.104.